The fraction of sp³-hybridized carbons (Fsp3) is 0.482. The number of rotatable bonds is 58. The highest BCUT2D eigenvalue weighted by atomic mass is 16.2. The van der Waals surface area contributed by atoms with Gasteiger partial charge in [0.05, 0.1) is 0 Å². The molecular weight excluding hydrogens is 1510 g/mol. The molecule has 0 heterocycles. The van der Waals surface area contributed by atoms with E-state index in [2.05, 4.69) is 42.5 Å². The van der Waals surface area contributed by atoms with Crippen molar-refractivity contribution in [3.8, 4) is 0 Å². The summed E-state index contributed by atoms with van der Waals surface area (Å²) in [5.41, 5.74) is 37.8. The highest BCUT2D eigenvalue weighted by Gasteiger charge is 2.34. The molecule has 0 aliphatic heterocycles. The smallest absolute Gasteiger partial charge is 0.245 e. The van der Waals surface area contributed by atoms with E-state index in [1.54, 1.807) is 12.1 Å². The molecule has 0 saturated carbocycles. The Morgan fingerprint density at radius 1 is 0.297 bits per heavy atom. The number of benzene rings is 5. The van der Waals surface area contributed by atoms with Crippen LogP contribution < -0.4 is 76.9 Å². The van der Waals surface area contributed by atoms with Crippen LogP contribution in [0, 0.1) is 16.2 Å². The molecule has 0 saturated heterocycles. The first-order valence-electron chi connectivity index (χ1n) is 40.8. The third-order valence-corrected chi connectivity index (χ3v) is 19.5. The summed E-state index contributed by atoms with van der Waals surface area (Å²) in [6, 6.07) is 40.1. The van der Waals surface area contributed by atoms with Crippen molar-refractivity contribution in [2.75, 3.05) is 65.4 Å². The molecule has 33 heteroatoms. The molecule has 0 fully saturated rings. The van der Waals surface area contributed by atoms with E-state index in [4.69, 9.17) is 50.6 Å². The van der Waals surface area contributed by atoms with E-state index >= 15 is 14.4 Å². The molecule has 5 aromatic carbocycles. The summed E-state index contributed by atoms with van der Waals surface area (Å²) >= 11 is 0. The second-order valence-electron chi connectivity index (χ2n) is 29.3. The predicted octanol–water partition coefficient (Wildman–Crippen LogP) is 3.23. The van der Waals surface area contributed by atoms with Crippen molar-refractivity contribution in [1.29, 1.82) is 16.2 Å². The van der Waals surface area contributed by atoms with E-state index in [1.165, 1.54) is 31.4 Å². The molecule has 642 valence electrons. The average Bonchev–Trinajstić information content (AvgIpc) is 0.863. The van der Waals surface area contributed by atoms with Crippen LogP contribution in [0.1, 0.15) is 163 Å². The average molecular weight is 1630 g/mol. The van der Waals surface area contributed by atoms with E-state index in [9.17, 15) is 38.4 Å². The van der Waals surface area contributed by atoms with Crippen molar-refractivity contribution in [3.63, 3.8) is 0 Å². The Kier molecular flexibility index (Phi) is 45.5. The normalized spacial score (nSPS) is 12.1. The lowest BCUT2D eigenvalue weighted by molar-refractivity contribution is -0.140. The minimum atomic E-state index is -1.19. The van der Waals surface area contributed by atoms with Gasteiger partial charge in [-0.1, -0.05) is 152 Å². The van der Waals surface area contributed by atoms with Gasteiger partial charge in [0.1, 0.15) is 30.2 Å². The van der Waals surface area contributed by atoms with Crippen LogP contribution in [0.3, 0.4) is 0 Å². The van der Waals surface area contributed by atoms with Crippen molar-refractivity contribution >= 4 is 82.9 Å². The first-order chi connectivity index (χ1) is 56.8. The second kappa shape index (κ2) is 55.5. The molecule has 0 bridgehead atoms. The molecule has 0 aliphatic carbocycles. The number of nitrogens with one attached hydrogen (secondary N) is 11. The summed E-state index contributed by atoms with van der Waals surface area (Å²) < 4.78 is 0. The summed E-state index contributed by atoms with van der Waals surface area (Å²) in [5, 5.41) is 45.6. The van der Waals surface area contributed by atoms with Gasteiger partial charge in [-0.2, -0.15) is 0 Å². The number of carbonyl (C=O) groups is 11. The summed E-state index contributed by atoms with van der Waals surface area (Å²) in [5.74, 6) is -6.36. The molecule has 5 rings (SSSR count). The molecule has 33 nitrogen and oxygen atoms in total. The standard InChI is InChI=1S/C85H126N22O11/c1-62(108)98-68(39-19-24-49-95-83(89)90)78(114)104(58-64-29-9-3-10-30-64)53-43-74(110)99-69(37-17-22-47-86)80(116)106(60-66-33-13-5-14-34-66)55-46-77(113)102-72(41-21-26-51-97-85(93)94)82(118)107(61-67-35-15-6-16-36-67)56-44-75(111)100-70(38-18-23-48-87)81(117)105(59-65-31-11-4-12-32-65)54-45-76(112)101-71(40-20-25-50-96-84(91)92)79(115)103(52-42-73(88)109)57-63-27-7-2-8-28-63/h2-16,27-36,68-72H,17-26,37-61,86-87H2,1H3,(H2,88,109)(H,98,108)(H,99,110)(H,100,111)(H,101,112)(H,102,113)(H4,89,90,95)(H4,91,92,96)(H4,93,94,97)/t68-,69-,70-,71-,72-/m0/s1. The lowest BCUT2D eigenvalue weighted by Crippen LogP contribution is -2.52. The zero-order chi connectivity index (χ0) is 85.8. The van der Waals surface area contributed by atoms with Crippen molar-refractivity contribution in [3.05, 3.63) is 179 Å². The van der Waals surface area contributed by atoms with E-state index in [1.807, 2.05) is 140 Å². The van der Waals surface area contributed by atoms with Gasteiger partial charge in [-0.25, -0.2) is 0 Å². The van der Waals surface area contributed by atoms with Crippen LogP contribution in [0.2, 0.25) is 0 Å². The maximum absolute atomic E-state index is 15.4. The van der Waals surface area contributed by atoms with Crippen LogP contribution in [0.4, 0.5) is 0 Å². The molecule has 23 N–H and O–H groups in total. The number of amides is 11. The van der Waals surface area contributed by atoms with Gasteiger partial charge < -0.3 is 101 Å². The first-order valence-corrected chi connectivity index (χ1v) is 40.8. The fourth-order valence-corrected chi connectivity index (χ4v) is 13.3. The first kappa shape index (κ1) is 96.6. The molecule has 11 amide bonds. The van der Waals surface area contributed by atoms with Crippen molar-refractivity contribution < 1.29 is 52.7 Å². The number of nitrogens with two attached hydrogens (primary N) is 6. The third-order valence-electron chi connectivity index (χ3n) is 19.5. The number of nitrogens with zero attached hydrogens (tertiary/aromatic N) is 5. The lowest BCUT2D eigenvalue weighted by Gasteiger charge is -2.31. The number of primary amides is 1. The molecular formula is C85H126N22O11. The van der Waals surface area contributed by atoms with Gasteiger partial charge in [0.25, 0.3) is 0 Å². The van der Waals surface area contributed by atoms with Gasteiger partial charge in [0, 0.05) is 124 Å². The monoisotopic (exact) mass is 1630 g/mol. The topological polar surface area (TPSA) is 528 Å². The zero-order valence-electron chi connectivity index (χ0n) is 68.3. The summed E-state index contributed by atoms with van der Waals surface area (Å²) in [7, 11) is 0. The highest BCUT2D eigenvalue weighted by Crippen LogP contribution is 2.20. The van der Waals surface area contributed by atoms with Crippen LogP contribution in [-0.2, 0) is 85.5 Å². The van der Waals surface area contributed by atoms with Crippen LogP contribution in [0.5, 0.6) is 0 Å². The Bertz CT molecular complexity index is 3930. The third kappa shape index (κ3) is 39.6. The number of guanidine groups is 3. The van der Waals surface area contributed by atoms with Gasteiger partial charge in [0.15, 0.2) is 17.9 Å². The minimum absolute atomic E-state index is 0.00332. The van der Waals surface area contributed by atoms with E-state index in [0.29, 0.717) is 96.0 Å². The van der Waals surface area contributed by atoms with Crippen molar-refractivity contribution in [1.82, 2.24) is 67.0 Å². The molecule has 5 atom stereocenters. The number of hydrogen-bond acceptors (Lipinski definition) is 16. The Morgan fingerprint density at radius 2 is 0.500 bits per heavy atom. The molecule has 0 radical (unpaired) electrons. The summed E-state index contributed by atoms with van der Waals surface area (Å²) in [6.45, 7) is 2.61. The molecule has 0 aliphatic rings. The van der Waals surface area contributed by atoms with Crippen LogP contribution >= 0.6 is 0 Å². The molecule has 5 aromatic rings. The van der Waals surface area contributed by atoms with E-state index in [-0.39, 0.29) is 154 Å². The van der Waals surface area contributed by atoms with Crippen LogP contribution in [0.15, 0.2) is 152 Å². The van der Waals surface area contributed by atoms with Crippen LogP contribution in [0.25, 0.3) is 0 Å². The largest absolute Gasteiger partial charge is 0.370 e. The van der Waals surface area contributed by atoms with Gasteiger partial charge in [-0.05, 0) is 137 Å². The predicted molar refractivity (Wildman–Crippen MR) is 454 cm³/mol. The molecule has 0 spiro atoms. The van der Waals surface area contributed by atoms with E-state index < -0.39 is 95.2 Å². The molecule has 0 aromatic heterocycles. The maximum Gasteiger partial charge on any atom is 0.245 e. The Balaban J connectivity index is 1.39. The van der Waals surface area contributed by atoms with Crippen molar-refractivity contribution in [2.45, 2.75) is 198 Å². The highest BCUT2D eigenvalue weighted by molar-refractivity contribution is 5.93. The van der Waals surface area contributed by atoms with E-state index in [0.717, 1.165) is 22.3 Å². The summed E-state index contributed by atoms with van der Waals surface area (Å²) in [6.07, 6.45) is 4.30. The molecule has 118 heavy (non-hydrogen) atoms. The fourth-order valence-electron chi connectivity index (χ4n) is 13.3. The zero-order valence-corrected chi connectivity index (χ0v) is 68.3. The maximum atomic E-state index is 15.4. The number of hydrogen-bond donors (Lipinski definition) is 17. The minimum Gasteiger partial charge on any atom is -0.370 e. The quantitative estimate of drug-likeness (QED) is 0.0151. The number of carbonyl (C=O) groups excluding carboxylic acids is 11. The van der Waals surface area contributed by atoms with Gasteiger partial charge >= 0.3 is 0 Å². The van der Waals surface area contributed by atoms with Gasteiger partial charge in [-0.15, -0.1) is 0 Å². The Morgan fingerprint density at radius 3 is 0.695 bits per heavy atom. The van der Waals surface area contributed by atoms with Gasteiger partial charge in [-0.3, -0.25) is 69.0 Å². The Hall–Kier alpha value is -12.0. The van der Waals surface area contributed by atoms with Gasteiger partial charge in [0.2, 0.25) is 65.0 Å². The molecule has 0 unspecified atom stereocenters. The Labute approximate surface area is 693 Å². The SMILES string of the molecule is CC(=O)N[C@@H](CCCCNC(=N)N)C(=O)N(CCC(=O)N[C@@H](CCCCN)C(=O)N(CCC(=O)N[C@@H](CCCCNC(=N)N)C(=O)N(CCC(=O)N[C@@H](CCCCN)C(=O)N(CCC(=O)N[C@@H](CCCCNC(=N)N)C(=O)N(CCC(N)=O)Cc1ccccc1)Cc1ccccc1)Cc1ccccc1)Cc1ccccc1)Cc1ccccc1. The van der Waals surface area contributed by atoms with Crippen molar-refractivity contribution in [2.24, 2.45) is 34.4 Å². The lowest BCUT2D eigenvalue weighted by atomic mass is 10.1. The summed E-state index contributed by atoms with van der Waals surface area (Å²) in [4.78, 5) is 165. The number of unbranched alkanes of at least 4 members (excludes halogenated alkanes) is 5. The van der Waals surface area contributed by atoms with Crippen LogP contribution in [-0.4, -0.2) is 203 Å². The second-order valence-corrected chi connectivity index (χ2v) is 29.3.